The molecule has 0 heterocycles. The molecular formula is C20H24O3. The van der Waals surface area contributed by atoms with Crippen molar-refractivity contribution in [1.82, 2.24) is 0 Å². The van der Waals surface area contributed by atoms with E-state index in [2.05, 4.69) is 19.9 Å². The van der Waals surface area contributed by atoms with Crippen LogP contribution in [-0.2, 0) is 17.6 Å². The van der Waals surface area contributed by atoms with Gasteiger partial charge in [0.05, 0.1) is 0 Å². The first-order chi connectivity index (χ1) is 11.2. The molecule has 0 saturated carbocycles. The molecule has 0 fully saturated rings. The molecule has 122 valence electrons. The summed E-state index contributed by atoms with van der Waals surface area (Å²) in [5.41, 5.74) is 3.25. The Bertz CT molecular complexity index is 635. The topological polar surface area (TPSA) is 35.5 Å². The number of hydrogen-bond donors (Lipinski definition) is 0. The van der Waals surface area contributed by atoms with Crippen LogP contribution in [0.25, 0.3) is 0 Å². The van der Waals surface area contributed by atoms with Crippen molar-refractivity contribution in [3.8, 4) is 5.75 Å². The van der Waals surface area contributed by atoms with E-state index in [1.165, 1.54) is 5.56 Å². The summed E-state index contributed by atoms with van der Waals surface area (Å²) in [7, 11) is 0. The molecular weight excluding hydrogens is 288 g/mol. The van der Waals surface area contributed by atoms with Crippen molar-refractivity contribution in [2.75, 3.05) is 0 Å². The minimum absolute atomic E-state index is 0.289. The highest BCUT2D eigenvalue weighted by Gasteiger charge is 2.18. The lowest BCUT2D eigenvalue weighted by atomic mass is 10.0. The highest BCUT2D eigenvalue weighted by atomic mass is 16.7. The molecule has 0 bridgehead atoms. The fourth-order valence-electron chi connectivity index (χ4n) is 2.72. The Hall–Kier alpha value is -2.29. The van der Waals surface area contributed by atoms with Gasteiger partial charge in [0.25, 0.3) is 0 Å². The van der Waals surface area contributed by atoms with Crippen LogP contribution >= 0.6 is 0 Å². The third-order valence-corrected chi connectivity index (χ3v) is 3.94. The molecule has 0 aromatic heterocycles. The van der Waals surface area contributed by atoms with Gasteiger partial charge >= 0.3 is 6.16 Å². The van der Waals surface area contributed by atoms with Crippen molar-refractivity contribution in [3.63, 3.8) is 0 Å². The van der Waals surface area contributed by atoms with Crippen LogP contribution in [0, 0.1) is 0 Å². The van der Waals surface area contributed by atoms with Gasteiger partial charge in [-0.15, -0.1) is 0 Å². The predicted molar refractivity (Wildman–Crippen MR) is 91.8 cm³/mol. The molecule has 23 heavy (non-hydrogen) atoms. The standard InChI is InChI=1S/C20H24O3/c1-4-15-13-10-14-19(17(15)5-2)23-20(21)22-18(6-3)16-11-8-7-9-12-16/h7-14,18H,4-6H2,1-3H3. The lowest BCUT2D eigenvalue weighted by Gasteiger charge is -2.17. The average molecular weight is 312 g/mol. The minimum Gasteiger partial charge on any atom is -0.426 e. The summed E-state index contributed by atoms with van der Waals surface area (Å²) in [6.07, 6.45) is 1.50. The molecule has 1 unspecified atom stereocenters. The molecule has 3 heteroatoms. The predicted octanol–water partition coefficient (Wildman–Crippen LogP) is 5.48. The number of carbonyl (C=O) groups is 1. The third-order valence-electron chi connectivity index (χ3n) is 3.94. The second-order valence-corrected chi connectivity index (χ2v) is 5.38. The van der Waals surface area contributed by atoms with Crippen LogP contribution in [0.15, 0.2) is 48.5 Å². The van der Waals surface area contributed by atoms with Crippen molar-refractivity contribution in [3.05, 3.63) is 65.2 Å². The van der Waals surface area contributed by atoms with Gasteiger partial charge in [-0.1, -0.05) is 63.2 Å². The van der Waals surface area contributed by atoms with Crippen molar-refractivity contribution in [2.45, 2.75) is 46.1 Å². The first-order valence-electron chi connectivity index (χ1n) is 8.23. The Morgan fingerprint density at radius 3 is 2.30 bits per heavy atom. The van der Waals surface area contributed by atoms with E-state index < -0.39 is 6.16 Å². The van der Waals surface area contributed by atoms with Crippen LogP contribution in [0.5, 0.6) is 5.75 Å². The van der Waals surface area contributed by atoms with Crippen molar-refractivity contribution >= 4 is 6.16 Å². The summed E-state index contributed by atoms with van der Waals surface area (Å²) in [4.78, 5) is 12.2. The third kappa shape index (κ3) is 4.35. The molecule has 0 aliphatic carbocycles. The molecule has 0 saturated heterocycles. The number of carbonyl (C=O) groups excluding carboxylic acids is 1. The lowest BCUT2D eigenvalue weighted by Crippen LogP contribution is -2.16. The van der Waals surface area contributed by atoms with E-state index in [0.717, 1.165) is 24.0 Å². The zero-order valence-electron chi connectivity index (χ0n) is 14.0. The van der Waals surface area contributed by atoms with E-state index in [1.54, 1.807) is 0 Å². The van der Waals surface area contributed by atoms with E-state index in [-0.39, 0.29) is 6.10 Å². The van der Waals surface area contributed by atoms with Gasteiger partial charge in [-0.05, 0) is 42.0 Å². The molecule has 0 aliphatic rings. The van der Waals surface area contributed by atoms with E-state index >= 15 is 0 Å². The zero-order valence-corrected chi connectivity index (χ0v) is 14.0. The van der Waals surface area contributed by atoms with Crippen molar-refractivity contribution in [1.29, 1.82) is 0 Å². The van der Waals surface area contributed by atoms with E-state index in [4.69, 9.17) is 9.47 Å². The maximum absolute atomic E-state index is 12.2. The van der Waals surface area contributed by atoms with Gasteiger partial charge in [0.2, 0.25) is 0 Å². The van der Waals surface area contributed by atoms with Gasteiger partial charge in [-0.3, -0.25) is 0 Å². The molecule has 0 radical (unpaired) electrons. The molecule has 2 rings (SSSR count). The van der Waals surface area contributed by atoms with Gasteiger partial charge in [0.1, 0.15) is 11.9 Å². The number of aryl methyl sites for hydroxylation is 1. The normalized spacial score (nSPS) is 11.8. The lowest BCUT2D eigenvalue weighted by molar-refractivity contribution is 0.0558. The highest BCUT2D eigenvalue weighted by Crippen LogP contribution is 2.26. The Morgan fingerprint density at radius 2 is 1.70 bits per heavy atom. The zero-order chi connectivity index (χ0) is 16.7. The minimum atomic E-state index is -0.649. The van der Waals surface area contributed by atoms with Crippen LogP contribution < -0.4 is 4.74 Å². The first kappa shape index (κ1) is 17.1. The molecule has 2 aromatic carbocycles. The summed E-state index contributed by atoms with van der Waals surface area (Å²) < 4.78 is 11.0. The Kier molecular flexibility index (Phi) is 6.21. The van der Waals surface area contributed by atoms with Gasteiger partial charge in [-0.25, -0.2) is 4.79 Å². The van der Waals surface area contributed by atoms with Crippen LogP contribution in [0.1, 0.15) is 50.0 Å². The van der Waals surface area contributed by atoms with E-state index in [0.29, 0.717) is 12.2 Å². The Morgan fingerprint density at radius 1 is 0.957 bits per heavy atom. The summed E-state index contributed by atoms with van der Waals surface area (Å²) in [5, 5.41) is 0. The summed E-state index contributed by atoms with van der Waals surface area (Å²) in [6, 6.07) is 15.5. The van der Waals surface area contributed by atoms with Gasteiger partial charge in [-0.2, -0.15) is 0 Å². The molecule has 0 amide bonds. The smallest absolute Gasteiger partial charge is 0.426 e. The van der Waals surface area contributed by atoms with Crippen LogP contribution in [0.4, 0.5) is 4.79 Å². The number of ether oxygens (including phenoxy) is 2. The first-order valence-corrected chi connectivity index (χ1v) is 8.23. The Balaban J connectivity index is 2.10. The average Bonchev–Trinajstić information content (AvgIpc) is 2.60. The van der Waals surface area contributed by atoms with Crippen LogP contribution in [0.3, 0.4) is 0 Å². The maximum atomic E-state index is 12.2. The van der Waals surface area contributed by atoms with Crippen molar-refractivity contribution in [2.24, 2.45) is 0 Å². The summed E-state index contributed by atoms with van der Waals surface area (Å²) in [5.74, 6) is 0.597. The fourth-order valence-corrected chi connectivity index (χ4v) is 2.72. The fraction of sp³-hybridized carbons (Fsp3) is 0.350. The largest absolute Gasteiger partial charge is 0.514 e. The van der Waals surface area contributed by atoms with E-state index in [9.17, 15) is 4.79 Å². The highest BCUT2D eigenvalue weighted by molar-refractivity contribution is 5.65. The van der Waals surface area contributed by atoms with Crippen molar-refractivity contribution < 1.29 is 14.3 Å². The van der Waals surface area contributed by atoms with Gasteiger partial charge in [0, 0.05) is 0 Å². The number of benzene rings is 2. The second-order valence-electron chi connectivity index (χ2n) is 5.38. The maximum Gasteiger partial charge on any atom is 0.514 e. The monoisotopic (exact) mass is 312 g/mol. The molecule has 3 nitrogen and oxygen atoms in total. The number of rotatable bonds is 6. The Labute approximate surface area is 138 Å². The second kappa shape index (κ2) is 8.37. The molecule has 0 N–H and O–H groups in total. The van der Waals surface area contributed by atoms with Crippen LogP contribution in [0.2, 0.25) is 0 Å². The molecule has 2 aromatic rings. The molecule has 0 aliphatic heterocycles. The number of hydrogen-bond acceptors (Lipinski definition) is 3. The molecule has 1 atom stereocenters. The quantitative estimate of drug-likeness (QED) is 0.523. The van der Waals surface area contributed by atoms with Gasteiger partial charge in [0.15, 0.2) is 0 Å². The van der Waals surface area contributed by atoms with E-state index in [1.807, 2.05) is 49.4 Å². The summed E-state index contributed by atoms with van der Waals surface area (Å²) in [6.45, 7) is 6.14. The van der Waals surface area contributed by atoms with Crippen LogP contribution in [-0.4, -0.2) is 6.16 Å². The summed E-state index contributed by atoms with van der Waals surface area (Å²) >= 11 is 0. The SMILES string of the molecule is CCc1cccc(OC(=O)OC(CC)c2ccccc2)c1CC. The molecule has 0 spiro atoms. The van der Waals surface area contributed by atoms with Gasteiger partial charge < -0.3 is 9.47 Å².